The van der Waals surface area contributed by atoms with Crippen LogP contribution in [0.1, 0.15) is 26.7 Å². The summed E-state index contributed by atoms with van der Waals surface area (Å²) in [5.41, 5.74) is 0. The van der Waals surface area contributed by atoms with Crippen LogP contribution in [0.5, 0.6) is 0 Å². The fourth-order valence-corrected chi connectivity index (χ4v) is 1.76. The summed E-state index contributed by atoms with van der Waals surface area (Å²) >= 11 is 0. The molecule has 1 atom stereocenters. The van der Waals surface area contributed by atoms with E-state index < -0.39 is 12.2 Å². The minimum atomic E-state index is -4.04. The Morgan fingerprint density at radius 2 is 1.92 bits per heavy atom. The first-order valence-electron chi connectivity index (χ1n) is 4.25. The van der Waals surface area contributed by atoms with Crippen LogP contribution >= 0.6 is 0 Å². The fourth-order valence-electron chi connectivity index (χ4n) is 1.76. The molecule has 0 saturated carbocycles. The number of rotatable bonds is 1. The first kappa shape index (κ1) is 9.84. The number of halogens is 3. The van der Waals surface area contributed by atoms with E-state index in [1.807, 2.05) is 13.8 Å². The maximum absolute atomic E-state index is 12.3. The summed E-state index contributed by atoms with van der Waals surface area (Å²) in [5.74, 6) is 0. The van der Waals surface area contributed by atoms with E-state index in [1.165, 1.54) is 4.90 Å². The third-order valence-corrected chi connectivity index (χ3v) is 2.34. The molecule has 4 heteroatoms. The van der Waals surface area contributed by atoms with Gasteiger partial charge in [-0.25, -0.2) is 0 Å². The zero-order valence-electron chi connectivity index (χ0n) is 7.36. The quantitative estimate of drug-likeness (QED) is 0.600. The minimum absolute atomic E-state index is 0.000810. The second-order valence-electron chi connectivity index (χ2n) is 3.53. The molecule has 1 aliphatic rings. The molecular weight excluding hydrogens is 167 g/mol. The van der Waals surface area contributed by atoms with E-state index in [1.54, 1.807) is 0 Å². The number of nitrogens with zero attached hydrogens (tertiary/aromatic N) is 1. The number of hydrogen-bond acceptors (Lipinski definition) is 1. The second-order valence-corrected chi connectivity index (χ2v) is 3.53. The van der Waals surface area contributed by atoms with Gasteiger partial charge in [0.15, 0.2) is 0 Å². The number of hydrogen-bond donors (Lipinski definition) is 0. The molecular formula is C8H14F3N. The first-order valence-corrected chi connectivity index (χ1v) is 4.25. The van der Waals surface area contributed by atoms with Crippen molar-refractivity contribution in [2.75, 3.05) is 6.54 Å². The molecule has 0 N–H and O–H groups in total. The lowest BCUT2D eigenvalue weighted by molar-refractivity contribution is -0.179. The SMILES string of the molecule is CC(C)N1CCC[C@@H]1C(F)(F)F. The first-order chi connectivity index (χ1) is 5.43. The molecule has 1 nitrogen and oxygen atoms in total. The zero-order chi connectivity index (χ0) is 9.35. The highest BCUT2D eigenvalue weighted by atomic mass is 19.4. The number of alkyl halides is 3. The highest BCUT2D eigenvalue weighted by molar-refractivity contribution is 4.86. The van der Waals surface area contributed by atoms with Gasteiger partial charge in [0.1, 0.15) is 6.04 Å². The van der Waals surface area contributed by atoms with Crippen LogP contribution in [0.3, 0.4) is 0 Å². The van der Waals surface area contributed by atoms with Gasteiger partial charge in [0.25, 0.3) is 0 Å². The van der Waals surface area contributed by atoms with Gasteiger partial charge in [-0.05, 0) is 33.2 Å². The molecule has 0 bridgehead atoms. The molecule has 0 unspecified atom stereocenters. The Bertz CT molecular complexity index is 153. The predicted octanol–water partition coefficient (Wildman–Crippen LogP) is 2.42. The van der Waals surface area contributed by atoms with Crippen LogP contribution in [-0.4, -0.2) is 29.7 Å². The van der Waals surface area contributed by atoms with Gasteiger partial charge in [0, 0.05) is 6.04 Å². The van der Waals surface area contributed by atoms with E-state index in [-0.39, 0.29) is 12.5 Å². The third kappa shape index (κ3) is 1.91. The van der Waals surface area contributed by atoms with E-state index in [2.05, 4.69) is 0 Å². The lowest BCUT2D eigenvalue weighted by Gasteiger charge is -2.29. The summed E-state index contributed by atoms with van der Waals surface area (Å²) < 4.78 is 37.0. The van der Waals surface area contributed by atoms with Gasteiger partial charge < -0.3 is 0 Å². The lowest BCUT2D eigenvalue weighted by atomic mass is 10.2. The molecule has 0 aromatic carbocycles. The molecule has 12 heavy (non-hydrogen) atoms. The molecule has 0 spiro atoms. The predicted molar refractivity (Wildman–Crippen MR) is 40.9 cm³/mol. The van der Waals surface area contributed by atoms with Crippen molar-refractivity contribution in [3.05, 3.63) is 0 Å². The summed E-state index contributed by atoms with van der Waals surface area (Å²) in [6, 6.07) is -1.20. The largest absolute Gasteiger partial charge is 0.404 e. The van der Waals surface area contributed by atoms with Crippen molar-refractivity contribution in [1.29, 1.82) is 0 Å². The summed E-state index contributed by atoms with van der Waals surface area (Å²) in [5, 5.41) is 0. The second kappa shape index (κ2) is 3.24. The van der Waals surface area contributed by atoms with E-state index in [0.717, 1.165) is 0 Å². The van der Waals surface area contributed by atoms with Gasteiger partial charge in [-0.2, -0.15) is 13.2 Å². The van der Waals surface area contributed by atoms with Crippen molar-refractivity contribution < 1.29 is 13.2 Å². The van der Waals surface area contributed by atoms with Crippen molar-refractivity contribution in [1.82, 2.24) is 4.90 Å². The van der Waals surface area contributed by atoms with Crippen LogP contribution in [0.4, 0.5) is 13.2 Å². The van der Waals surface area contributed by atoms with Crippen molar-refractivity contribution in [3.63, 3.8) is 0 Å². The van der Waals surface area contributed by atoms with Crippen LogP contribution in [0, 0.1) is 0 Å². The molecule has 0 aromatic heterocycles. The van der Waals surface area contributed by atoms with Crippen molar-refractivity contribution >= 4 is 0 Å². The van der Waals surface area contributed by atoms with Crippen LogP contribution in [0.15, 0.2) is 0 Å². The topological polar surface area (TPSA) is 3.24 Å². The van der Waals surface area contributed by atoms with Crippen LogP contribution < -0.4 is 0 Å². The Morgan fingerprint density at radius 1 is 1.33 bits per heavy atom. The molecule has 1 saturated heterocycles. The molecule has 72 valence electrons. The van der Waals surface area contributed by atoms with Crippen LogP contribution in [-0.2, 0) is 0 Å². The molecule has 1 aliphatic heterocycles. The highest BCUT2D eigenvalue weighted by Gasteiger charge is 2.46. The van der Waals surface area contributed by atoms with Crippen LogP contribution in [0.25, 0.3) is 0 Å². The average molecular weight is 181 g/mol. The molecule has 0 amide bonds. The molecule has 0 aromatic rings. The standard InChI is InChI=1S/C8H14F3N/c1-6(2)12-5-3-4-7(12)8(9,10)11/h6-7H,3-5H2,1-2H3/t7-/m1/s1. The van der Waals surface area contributed by atoms with E-state index >= 15 is 0 Å². The zero-order valence-corrected chi connectivity index (χ0v) is 7.36. The smallest absolute Gasteiger partial charge is 0.290 e. The van der Waals surface area contributed by atoms with Gasteiger partial charge in [-0.1, -0.05) is 0 Å². The number of likely N-dealkylation sites (tertiary alicyclic amines) is 1. The summed E-state index contributed by atoms with van der Waals surface area (Å²) in [6.07, 6.45) is -3.11. The van der Waals surface area contributed by atoms with Gasteiger partial charge in [-0.3, -0.25) is 4.90 Å². The van der Waals surface area contributed by atoms with E-state index in [9.17, 15) is 13.2 Å². The Kier molecular flexibility index (Phi) is 2.66. The maximum Gasteiger partial charge on any atom is 0.404 e. The Balaban J connectivity index is 2.64. The lowest BCUT2D eigenvalue weighted by Crippen LogP contribution is -2.44. The summed E-state index contributed by atoms with van der Waals surface area (Å²) in [6.45, 7) is 4.20. The van der Waals surface area contributed by atoms with Gasteiger partial charge in [0.2, 0.25) is 0 Å². The van der Waals surface area contributed by atoms with Crippen molar-refractivity contribution in [2.24, 2.45) is 0 Å². The molecule has 1 rings (SSSR count). The van der Waals surface area contributed by atoms with Crippen molar-refractivity contribution in [3.8, 4) is 0 Å². The Labute approximate surface area is 70.5 Å². The van der Waals surface area contributed by atoms with Gasteiger partial charge >= 0.3 is 6.18 Å². The summed E-state index contributed by atoms with van der Waals surface area (Å²) in [4.78, 5) is 1.53. The van der Waals surface area contributed by atoms with Gasteiger partial charge in [0.05, 0.1) is 0 Å². The van der Waals surface area contributed by atoms with Gasteiger partial charge in [-0.15, -0.1) is 0 Å². The molecule has 1 fully saturated rings. The normalized spacial score (nSPS) is 27.0. The minimum Gasteiger partial charge on any atom is -0.290 e. The molecule has 0 radical (unpaired) electrons. The Morgan fingerprint density at radius 3 is 2.25 bits per heavy atom. The van der Waals surface area contributed by atoms with E-state index in [4.69, 9.17) is 0 Å². The Hall–Kier alpha value is -0.250. The molecule has 1 heterocycles. The highest BCUT2D eigenvalue weighted by Crippen LogP contribution is 2.33. The maximum atomic E-state index is 12.3. The molecule has 0 aliphatic carbocycles. The monoisotopic (exact) mass is 181 g/mol. The van der Waals surface area contributed by atoms with E-state index in [0.29, 0.717) is 13.0 Å². The average Bonchev–Trinajstić information content (AvgIpc) is 2.30. The summed E-state index contributed by atoms with van der Waals surface area (Å²) in [7, 11) is 0. The fraction of sp³-hybridized carbons (Fsp3) is 1.00. The third-order valence-electron chi connectivity index (χ3n) is 2.34. The van der Waals surface area contributed by atoms with Crippen LogP contribution in [0.2, 0.25) is 0 Å². The van der Waals surface area contributed by atoms with Crippen molar-refractivity contribution in [2.45, 2.75) is 44.9 Å².